The number of H-pyrrole nitrogens is 1. The third-order valence-electron chi connectivity index (χ3n) is 5.62. The molecule has 1 aliphatic rings. The molecule has 4 aromatic rings. The summed E-state index contributed by atoms with van der Waals surface area (Å²) in [7, 11) is 0. The van der Waals surface area contributed by atoms with Gasteiger partial charge in [-0.3, -0.25) is 4.40 Å². The highest BCUT2D eigenvalue weighted by atomic mass is 16.5. The van der Waals surface area contributed by atoms with Crippen molar-refractivity contribution >= 4 is 16.8 Å². The first-order valence-electron chi connectivity index (χ1n) is 9.44. The quantitative estimate of drug-likeness (QED) is 0.582. The predicted molar refractivity (Wildman–Crippen MR) is 98.2 cm³/mol. The third-order valence-corrected chi connectivity index (χ3v) is 5.62. The van der Waals surface area contributed by atoms with Gasteiger partial charge in [0.15, 0.2) is 11.3 Å². The second-order valence-corrected chi connectivity index (χ2v) is 7.33. The van der Waals surface area contributed by atoms with Crippen molar-refractivity contribution in [3.8, 4) is 0 Å². The van der Waals surface area contributed by atoms with Crippen LogP contribution >= 0.6 is 0 Å². The summed E-state index contributed by atoms with van der Waals surface area (Å²) in [4.78, 5) is 7.57. The summed E-state index contributed by atoms with van der Waals surface area (Å²) in [6.45, 7) is 4.61. The first-order chi connectivity index (χ1) is 13.2. The minimum absolute atomic E-state index is 0.188. The summed E-state index contributed by atoms with van der Waals surface area (Å²) in [5.41, 5.74) is 3.50. The molecule has 0 bridgehead atoms. The number of nitrogens with one attached hydrogen (secondary N) is 1. The number of fused-ring (bicyclic) bond motifs is 3. The molecule has 0 unspecified atom stereocenters. The fourth-order valence-corrected chi connectivity index (χ4v) is 4.30. The van der Waals surface area contributed by atoms with Crippen molar-refractivity contribution in [3.05, 3.63) is 41.8 Å². The Balaban J connectivity index is 1.42. The SMILES string of the molecule is CC[C@@H]1C[C@@H](OCc2cc(C)on2)C[C@@H]1c1nnc2cnc3[nH]ccc3n12. The Morgan fingerprint density at radius 1 is 1.33 bits per heavy atom. The molecule has 8 heteroatoms. The van der Waals surface area contributed by atoms with Gasteiger partial charge in [-0.1, -0.05) is 18.5 Å². The molecule has 8 nitrogen and oxygen atoms in total. The fraction of sp³-hybridized carbons (Fsp3) is 0.474. The second-order valence-electron chi connectivity index (χ2n) is 7.33. The maximum atomic E-state index is 6.15. The van der Waals surface area contributed by atoms with Gasteiger partial charge in [0.2, 0.25) is 0 Å². The van der Waals surface area contributed by atoms with Crippen LogP contribution in [0.25, 0.3) is 16.8 Å². The molecule has 27 heavy (non-hydrogen) atoms. The molecule has 4 aromatic heterocycles. The van der Waals surface area contributed by atoms with E-state index >= 15 is 0 Å². The van der Waals surface area contributed by atoms with E-state index in [1.807, 2.05) is 25.3 Å². The van der Waals surface area contributed by atoms with Gasteiger partial charge >= 0.3 is 0 Å². The highest BCUT2D eigenvalue weighted by Crippen LogP contribution is 2.42. The minimum atomic E-state index is 0.188. The zero-order chi connectivity index (χ0) is 18.4. The van der Waals surface area contributed by atoms with Gasteiger partial charge in [-0.05, 0) is 31.7 Å². The van der Waals surface area contributed by atoms with Crippen molar-refractivity contribution in [3.63, 3.8) is 0 Å². The maximum Gasteiger partial charge on any atom is 0.179 e. The summed E-state index contributed by atoms with van der Waals surface area (Å²) in [5, 5.41) is 12.9. The smallest absolute Gasteiger partial charge is 0.179 e. The summed E-state index contributed by atoms with van der Waals surface area (Å²) in [6.07, 6.45) is 6.90. The van der Waals surface area contributed by atoms with E-state index in [1.54, 1.807) is 6.20 Å². The van der Waals surface area contributed by atoms with E-state index < -0.39 is 0 Å². The van der Waals surface area contributed by atoms with Crippen molar-refractivity contribution in [2.24, 2.45) is 5.92 Å². The molecule has 1 fully saturated rings. The lowest BCUT2D eigenvalue weighted by Gasteiger charge is -2.15. The maximum absolute atomic E-state index is 6.15. The molecule has 3 atom stereocenters. The monoisotopic (exact) mass is 366 g/mol. The largest absolute Gasteiger partial charge is 0.372 e. The average molecular weight is 366 g/mol. The van der Waals surface area contributed by atoms with Crippen LogP contribution in [0, 0.1) is 12.8 Å². The van der Waals surface area contributed by atoms with Gasteiger partial charge in [0, 0.05) is 18.2 Å². The Bertz CT molecular complexity index is 1080. The van der Waals surface area contributed by atoms with E-state index in [4.69, 9.17) is 9.26 Å². The van der Waals surface area contributed by atoms with Gasteiger partial charge in [-0.25, -0.2) is 4.98 Å². The highest BCUT2D eigenvalue weighted by Gasteiger charge is 2.37. The second kappa shape index (κ2) is 6.45. The molecule has 140 valence electrons. The minimum Gasteiger partial charge on any atom is -0.372 e. The van der Waals surface area contributed by atoms with E-state index in [-0.39, 0.29) is 6.10 Å². The van der Waals surface area contributed by atoms with Crippen LogP contribution in [0.15, 0.2) is 29.0 Å². The lowest BCUT2D eigenvalue weighted by atomic mass is 9.93. The molecular formula is C19H22N6O2. The predicted octanol–water partition coefficient (Wildman–Crippen LogP) is 3.39. The van der Waals surface area contributed by atoms with E-state index in [2.05, 4.69) is 36.6 Å². The molecule has 0 aliphatic heterocycles. The van der Waals surface area contributed by atoms with Crippen LogP contribution in [0.1, 0.15) is 49.4 Å². The molecule has 0 amide bonds. The Kier molecular flexibility index (Phi) is 3.93. The van der Waals surface area contributed by atoms with Crippen LogP contribution in [-0.2, 0) is 11.3 Å². The Labute approximate surface area is 155 Å². The van der Waals surface area contributed by atoms with Gasteiger partial charge in [-0.2, -0.15) is 0 Å². The molecule has 4 heterocycles. The number of aryl methyl sites for hydroxylation is 1. The molecule has 0 spiro atoms. The van der Waals surface area contributed by atoms with Crippen molar-refractivity contribution < 1.29 is 9.26 Å². The van der Waals surface area contributed by atoms with Gasteiger partial charge in [0.1, 0.15) is 17.3 Å². The average Bonchev–Trinajstić information content (AvgIpc) is 3.43. The van der Waals surface area contributed by atoms with Gasteiger partial charge in [0.05, 0.1) is 24.4 Å². The van der Waals surface area contributed by atoms with Crippen LogP contribution in [-0.4, -0.2) is 35.8 Å². The van der Waals surface area contributed by atoms with E-state index in [9.17, 15) is 0 Å². The summed E-state index contributed by atoms with van der Waals surface area (Å²) < 4.78 is 13.4. The number of ether oxygens (including phenoxy) is 1. The van der Waals surface area contributed by atoms with Crippen molar-refractivity contribution in [2.75, 3.05) is 0 Å². The molecule has 1 aliphatic carbocycles. The molecule has 0 aromatic carbocycles. The van der Waals surface area contributed by atoms with Crippen LogP contribution in [0.2, 0.25) is 0 Å². The van der Waals surface area contributed by atoms with Gasteiger partial charge in [-0.15, -0.1) is 10.2 Å². The Morgan fingerprint density at radius 3 is 3.07 bits per heavy atom. The molecule has 0 radical (unpaired) electrons. The molecular weight excluding hydrogens is 344 g/mol. The molecule has 1 saturated carbocycles. The van der Waals surface area contributed by atoms with Crippen LogP contribution in [0.4, 0.5) is 0 Å². The summed E-state index contributed by atoms with van der Waals surface area (Å²) >= 11 is 0. The Hall–Kier alpha value is -2.74. The molecule has 1 N–H and O–H groups in total. The molecule has 5 rings (SSSR count). The lowest BCUT2D eigenvalue weighted by Crippen LogP contribution is -2.10. The molecule has 0 saturated heterocycles. The fourth-order valence-electron chi connectivity index (χ4n) is 4.30. The van der Waals surface area contributed by atoms with Crippen molar-refractivity contribution in [1.82, 2.24) is 29.7 Å². The van der Waals surface area contributed by atoms with E-state index in [0.717, 1.165) is 53.4 Å². The van der Waals surface area contributed by atoms with E-state index in [0.29, 0.717) is 18.4 Å². The zero-order valence-corrected chi connectivity index (χ0v) is 15.4. The first-order valence-corrected chi connectivity index (χ1v) is 9.44. The number of hydrogen-bond acceptors (Lipinski definition) is 6. The third kappa shape index (κ3) is 2.80. The van der Waals surface area contributed by atoms with Crippen molar-refractivity contribution in [1.29, 1.82) is 0 Å². The summed E-state index contributed by atoms with van der Waals surface area (Å²) in [5.74, 6) is 2.65. The van der Waals surface area contributed by atoms with Crippen LogP contribution in [0.5, 0.6) is 0 Å². The standard InChI is InChI=1S/C19H22N6O2/c1-3-12-7-14(26-10-13-6-11(2)27-24-13)8-15(12)19-23-22-17-9-21-18-16(25(17)19)4-5-20-18/h4-6,9,12,14-15,20H,3,7-8,10H2,1-2H3/t12-,14-,15+/m1/s1. The topological polar surface area (TPSA) is 94.1 Å². The van der Waals surface area contributed by atoms with Gasteiger partial charge in [0.25, 0.3) is 0 Å². The first kappa shape index (κ1) is 16.4. The Morgan fingerprint density at radius 2 is 2.26 bits per heavy atom. The van der Waals surface area contributed by atoms with Crippen molar-refractivity contribution in [2.45, 2.75) is 51.7 Å². The number of nitrogens with zero attached hydrogens (tertiary/aromatic N) is 5. The summed E-state index contributed by atoms with van der Waals surface area (Å²) in [6, 6.07) is 3.95. The van der Waals surface area contributed by atoms with E-state index in [1.165, 1.54) is 0 Å². The number of rotatable bonds is 5. The van der Waals surface area contributed by atoms with Gasteiger partial charge < -0.3 is 14.2 Å². The number of aromatic amines is 1. The van der Waals surface area contributed by atoms with Crippen LogP contribution < -0.4 is 0 Å². The van der Waals surface area contributed by atoms with Crippen LogP contribution in [0.3, 0.4) is 0 Å². The lowest BCUT2D eigenvalue weighted by molar-refractivity contribution is 0.0390. The number of hydrogen-bond donors (Lipinski definition) is 1. The zero-order valence-electron chi connectivity index (χ0n) is 15.4. The normalized spacial score (nSPS) is 23.0. The highest BCUT2D eigenvalue weighted by molar-refractivity contribution is 5.74. The number of aromatic nitrogens is 6.